The van der Waals surface area contributed by atoms with Crippen LogP contribution in [-0.4, -0.2) is 43.5 Å². The van der Waals surface area contributed by atoms with E-state index in [0.717, 1.165) is 10.2 Å². The van der Waals surface area contributed by atoms with E-state index >= 15 is 0 Å². The lowest BCUT2D eigenvalue weighted by Gasteiger charge is -2.17. The highest BCUT2D eigenvalue weighted by molar-refractivity contribution is 9.10. The number of aliphatic hydroxyl groups is 1. The number of aliphatic hydroxyl groups excluding tert-OH is 1. The van der Waals surface area contributed by atoms with Crippen LogP contribution in [0.2, 0.25) is 0 Å². The van der Waals surface area contributed by atoms with E-state index in [1.165, 1.54) is 5.56 Å². The molecule has 1 unspecified atom stereocenters. The molecule has 17 heavy (non-hydrogen) atoms. The van der Waals surface area contributed by atoms with Gasteiger partial charge in [-0.05, 0) is 40.5 Å². The molecule has 0 saturated carbocycles. The number of hydrogen-bond acceptors (Lipinski definition) is 4. The van der Waals surface area contributed by atoms with Gasteiger partial charge in [0.15, 0.2) is 0 Å². The minimum Gasteiger partial charge on any atom is -0.490 e. The van der Waals surface area contributed by atoms with Crippen LogP contribution in [0.25, 0.3) is 0 Å². The molecule has 0 bridgehead atoms. The normalized spacial score (nSPS) is 12.8. The first-order chi connectivity index (χ1) is 7.99. The van der Waals surface area contributed by atoms with Crippen LogP contribution in [0.5, 0.6) is 5.75 Å². The summed E-state index contributed by atoms with van der Waals surface area (Å²) in [5.41, 5.74) is 4.16. The molecule has 1 aromatic carbocycles. The van der Waals surface area contributed by atoms with Crippen molar-refractivity contribution in [3.8, 4) is 5.75 Å². The number of hydrogen-bond donors (Lipinski definition) is 2. The summed E-state index contributed by atoms with van der Waals surface area (Å²) in [5.74, 6) is 0.750. The molecule has 0 radical (unpaired) electrons. The zero-order chi connectivity index (χ0) is 12.8. The van der Waals surface area contributed by atoms with Gasteiger partial charge >= 0.3 is 0 Å². The van der Waals surface area contributed by atoms with Crippen LogP contribution in [0.3, 0.4) is 0 Å². The number of nitrogens with one attached hydrogen (secondary N) is 1. The first kappa shape index (κ1) is 14.4. The molecule has 0 fully saturated rings. The molecule has 0 saturated heterocycles. The summed E-state index contributed by atoms with van der Waals surface area (Å²) in [7, 11) is 3.76. The quantitative estimate of drug-likeness (QED) is 0.783. The Morgan fingerprint density at radius 1 is 1.47 bits per heavy atom. The van der Waals surface area contributed by atoms with Gasteiger partial charge in [0.05, 0.1) is 4.47 Å². The standard InChI is InChI=1S/C12H19BrN2O2/c1-9-4-5-12(11(13)6-9)17-8-10(16)7-14-15(2)3/h4-6,10,14,16H,7-8H2,1-3H3. The fraction of sp³-hybridized carbons (Fsp3) is 0.500. The average Bonchev–Trinajstić information content (AvgIpc) is 2.25. The molecule has 4 nitrogen and oxygen atoms in total. The minimum atomic E-state index is -0.536. The number of halogens is 1. The molecule has 1 atom stereocenters. The van der Waals surface area contributed by atoms with Crippen molar-refractivity contribution in [3.63, 3.8) is 0 Å². The summed E-state index contributed by atoms with van der Waals surface area (Å²) in [6.45, 7) is 2.75. The van der Waals surface area contributed by atoms with Crippen molar-refractivity contribution in [3.05, 3.63) is 28.2 Å². The van der Waals surface area contributed by atoms with E-state index in [1.54, 1.807) is 5.01 Å². The third-order valence-electron chi connectivity index (χ3n) is 2.16. The molecule has 0 spiro atoms. The molecular weight excluding hydrogens is 284 g/mol. The van der Waals surface area contributed by atoms with Crippen LogP contribution < -0.4 is 10.2 Å². The highest BCUT2D eigenvalue weighted by Gasteiger charge is 2.07. The number of ether oxygens (including phenoxy) is 1. The molecule has 0 aliphatic carbocycles. The second-order valence-corrected chi connectivity index (χ2v) is 5.01. The zero-order valence-electron chi connectivity index (χ0n) is 10.4. The largest absolute Gasteiger partial charge is 0.490 e. The maximum atomic E-state index is 9.68. The number of rotatable bonds is 6. The van der Waals surface area contributed by atoms with E-state index in [1.807, 2.05) is 39.2 Å². The molecule has 0 aromatic heterocycles. The lowest BCUT2D eigenvalue weighted by molar-refractivity contribution is 0.0881. The molecule has 1 rings (SSSR count). The second-order valence-electron chi connectivity index (χ2n) is 4.16. The fourth-order valence-corrected chi connectivity index (χ4v) is 1.86. The molecule has 0 aliphatic heterocycles. The van der Waals surface area contributed by atoms with Crippen molar-refractivity contribution in [1.29, 1.82) is 0 Å². The summed E-state index contributed by atoms with van der Waals surface area (Å²) in [5, 5.41) is 11.5. The summed E-state index contributed by atoms with van der Waals surface area (Å²) in [4.78, 5) is 0. The van der Waals surface area contributed by atoms with Crippen LogP contribution in [0.15, 0.2) is 22.7 Å². The van der Waals surface area contributed by atoms with E-state index in [2.05, 4.69) is 21.4 Å². The average molecular weight is 303 g/mol. The van der Waals surface area contributed by atoms with Crippen LogP contribution in [0, 0.1) is 6.92 Å². The molecule has 1 aromatic rings. The van der Waals surface area contributed by atoms with Gasteiger partial charge < -0.3 is 9.84 Å². The Kier molecular flexibility index (Phi) is 5.91. The van der Waals surface area contributed by atoms with Gasteiger partial charge in [-0.1, -0.05) is 6.07 Å². The second kappa shape index (κ2) is 6.96. The molecule has 0 amide bonds. The lowest BCUT2D eigenvalue weighted by Crippen LogP contribution is -2.39. The molecule has 2 N–H and O–H groups in total. The van der Waals surface area contributed by atoms with Crippen molar-refractivity contribution >= 4 is 15.9 Å². The maximum Gasteiger partial charge on any atom is 0.133 e. The smallest absolute Gasteiger partial charge is 0.133 e. The Morgan fingerprint density at radius 2 is 2.18 bits per heavy atom. The predicted octanol–water partition coefficient (Wildman–Crippen LogP) is 1.56. The maximum absolute atomic E-state index is 9.68. The Hall–Kier alpha value is -0.620. The summed E-state index contributed by atoms with van der Waals surface area (Å²) < 4.78 is 6.44. The van der Waals surface area contributed by atoms with E-state index in [4.69, 9.17) is 4.74 Å². The van der Waals surface area contributed by atoms with Gasteiger partial charge in [-0.2, -0.15) is 0 Å². The predicted molar refractivity (Wildman–Crippen MR) is 72.1 cm³/mol. The van der Waals surface area contributed by atoms with E-state index in [9.17, 15) is 5.11 Å². The summed E-state index contributed by atoms with van der Waals surface area (Å²) in [6.07, 6.45) is -0.536. The van der Waals surface area contributed by atoms with Crippen LogP contribution in [-0.2, 0) is 0 Å². The third-order valence-corrected chi connectivity index (χ3v) is 2.78. The van der Waals surface area contributed by atoms with Crippen LogP contribution >= 0.6 is 15.9 Å². The summed E-state index contributed by atoms with van der Waals surface area (Å²) in [6, 6.07) is 5.86. The number of nitrogens with zero attached hydrogens (tertiary/aromatic N) is 1. The Labute approximate surface area is 111 Å². The van der Waals surface area contributed by atoms with Gasteiger partial charge in [0, 0.05) is 20.6 Å². The van der Waals surface area contributed by atoms with E-state index in [0.29, 0.717) is 6.54 Å². The van der Waals surface area contributed by atoms with E-state index in [-0.39, 0.29) is 6.61 Å². The fourth-order valence-electron chi connectivity index (χ4n) is 1.26. The Morgan fingerprint density at radius 3 is 2.76 bits per heavy atom. The highest BCUT2D eigenvalue weighted by Crippen LogP contribution is 2.25. The zero-order valence-corrected chi connectivity index (χ0v) is 12.0. The van der Waals surface area contributed by atoms with Crippen molar-refractivity contribution in [2.45, 2.75) is 13.0 Å². The summed E-state index contributed by atoms with van der Waals surface area (Å²) >= 11 is 3.43. The molecule has 0 aliphatic rings. The molecule has 96 valence electrons. The van der Waals surface area contributed by atoms with Gasteiger partial charge in [0.2, 0.25) is 0 Å². The van der Waals surface area contributed by atoms with Crippen molar-refractivity contribution in [2.75, 3.05) is 27.2 Å². The third kappa shape index (κ3) is 5.50. The lowest BCUT2D eigenvalue weighted by atomic mass is 10.2. The topological polar surface area (TPSA) is 44.7 Å². The van der Waals surface area contributed by atoms with Gasteiger partial charge in [0.25, 0.3) is 0 Å². The number of aryl methyl sites for hydroxylation is 1. The van der Waals surface area contributed by atoms with Crippen molar-refractivity contribution in [1.82, 2.24) is 10.4 Å². The Bertz CT molecular complexity index is 358. The van der Waals surface area contributed by atoms with E-state index < -0.39 is 6.10 Å². The first-order valence-corrected chi connectivity index (χ1v) is 6.26. The Balaban J connectivity index is 2.39. The number of benzene rings is 1. The van der Waals surface area contributed by atoms with Crippen molar-refractivity contribution < 1.29 is 9.84 Å². The molecule has 0 heterocycles. The van der Waals surface area contributed by atoms with Crippen LogP contribution in [0.1, 0.15) is 5.56 Å². The monoisotopic (exact) mass is 302 g/mol. The SMILES string of the molecule is Cc1ccc(OCC(O)CNN(C)C)c(Br)c1. The molecule has 5 heteroatoms. The highest BCUT2D eigenvalue weighted by atomic mass is 79.9. The van der Waals surface area contributed by atoms with Gasteiger partial charge in [-0.25, -0.2) is 0 Å². The van der Waals surface area contributed by atoms with Gasteiger partial charge in [-0.15, -0.1) is 0 Å². The van der Waals surface area contributed by atoms with Crippen LogP contribution in [0.4, 0.5) is 0 Å². The molecular formula is C12H19BrN2O2. The first-order valence-electron chi connectivity index (χ1n) is 5.47. The van der Waals surface area contributed by atoms with Gasteiger partial charge in [-0.3, -0.25) is 10.4 Å². The number of hydrazine groups is 1. The minimum absolute atomic E-state index is 0.266. The van der Waals surface area contributed by atoms with Gasteiger partial charge in [0.1, 0.15) is 18.5 Å². The van der Waals surface area contributed by atoms with Crippen molar-refractivity contribution in [2.24, 2.45) is 0 Å².